The summed E-state index contributed by atoms with van der Waals surface area (Å²) in [5, 5.41) is 0. The van der Waals surface area contributed by atoms with Gasteiger partial charge in [-0.3, -0.25) is 14.4 Å². The van der Waals surface area contributed by atoms with E-state index in [4.69, 9.17) is 14.2 Å². The van der Waals surface area contributed by atoms with Gasteiger partial charge in [0.25, 0.3) is 0 Å². The minimum atomic E-state index is -0.770. The molecule has 6 nitrogen and oxygen atoms in total. The molecule has 0 aromatic heterocycles. The molecule has 0 fully saturated rings. The monoisotopic (exact) mass is 831 g/mol. The molecule has 1 atom stereocenters. The molecule has 0 heterocycles. The Morgan fingerprint density at radius 1 is 0.339 bits per heavy atom. The Morgan fingerprint density at radius 3 is 0.966 bits per heavy atom. The van der Waals surface area contributed by atoms with E-state index in [9.17, 15) is 14.4 Å². The second kappa shape index (κ2) is 48.6. The van der Waals surface area contributed by atoms with Gasteiger partial charge in [-0.15, -0.1) is 0 Å². The second-order valence-corrected chi connectivity index (χ2v) is 17.4. The van der Waals surface area contributed by atoms with E-state index >= 15 is 0 Å². The van der Waals surface area contributed by atoms with E-state index in [1.807, 2.05) is 0 Å². The highest BCUT2D eigenvalue weighted by Gasteiger charge is 2.19. The molecule has 0 spiro atoms. The quantitative estimate of drug-likeness (QED) is 0.0263. The van der Waals surface area contributed by atoms with Crippen molar-refractivity contribution < 1.29 is 28.6 Å². The lowest BCUT2D eigenvalue weighted by Gasteiger charge is -2.18. The summed E-state index contributed by atoms with van der Waals surface area (Å²) in [6.07, 6.45) is 54.4. The SMILES string of the molecule is CCCCC/C=C/C/C=C/CCCCCCCC(=O)OC[C@@H](COC(=O)CCCCCCCCCCCCCCC)OC(=O)CCCCCCCCCCCCCCC. The van der Waals surface area contributed by atoms with Crippen LogP contribution in [0.15, 0.2) is 24.3 Å². The second-order valence-electron chi connectivity index (χ2n) is 17.4. The van der Waals surface area contributed by atoms with Crippen LogP contribution in [0, 0.1) is 0 Å². The van der Waals surface area contributed by atoms with E-state index in [-0.39, 0.29) is 31.1 Å². The molecule has 0 aromatic carbocycles. The number of unbranched alkanes of at least 4 members (excludes halogenated alkanes) is 32. The fourth-order valence-corrected chi connectivity index (χ4v) is 7.53. The number of rotatable bonds is 47. The third kappa shape index (κ3) is 46.8. The minimum Gasteiger partial charge on any atom is -0.462 e. The van der Waals surface area contributed by atoms with Crippen molar-refractivity contribution in [2.45, 2.75) is 284 Å². The predicted molar refractivity (Wildman–Crippen MR) is 252 cm³/mol. The molecular weight excluding hydrogens is 733 g/mol. The molecule has 6 heteroatoms. The van der Waals surface area contributed by atoms with Gasteiger partial charge in [-0.2, -0.15) is 0 Å². The molecule has 0 rings (SSSR count). The maximum Gasteiger partial charge on any atom is 0.306 e. The van der Waals surface area contributed by atoms with Crippen LogP contribution in [-0.4, -0.2) is 37.2 Å². The van der Waals surface area contributed by atoms with Gasteiger partial charge >= 0.3 is 17.9 Å². The first-order valence-corrected chi connectivity index (χ1v) is 25.8. The average molecular weight is 831 g/mol. The molecule has 0 aromatic rings. The summed E-state index contributed by atoms with van der Waals surface area (Å²) in [6.45, 7) is 6.62. The first-order valence-electron chi connectivity index (χ1n) is 25.8. The molecule has 0 aliphatic rings. The van der Waals surface area contributed by atoms with Gasteiger partial charge in [-0.25, -0.2) is 0 Å². The third-order valence-corrected chi connectivity index (χ3v) is 11.5. The molecule has 0 N–H and O–H groups in total. The summed E-state index contributed by atoms with van der Waals surface area (Å²) in [5.41, 5.74) is 0. The first kappa shape index (κ1) is 56.9. The van der Waals surface area contributed by atoms with Crippen LogP contribution in [0.25, 0.3) is 0 Å². The summed E-state index contributed by atoms with van der Waals surface area (Å²) in [4.78, 5) is 37.9. The van der Waals surface area contributed by atoms with Crippen LogP contribution in [0.2, 0.25) is 0 Å². The smallest absolute Gasteiger partial charge is 0.306 e. The lowest BCUT2D eigenvalue weighted by molar-refractivity contribution is -0.167. The highest BCUT2D eigenvalue weighted by molar-refractivity contribution is 5.71. The summed E-state index contributed by atoms with van der Waals surface area (Å²) in [7, 11) is 0. The zero-order valence-electron chi connectivity index (χ0n) is 39.5. The van der Waals surface area contributed by atoms with Gasteiger partial charge in [0, 0.05) is 19.3 Å². The van der Waals surface area contributed by atoms with E-state index in [1.165, 1.54) is 161 Å². The minimum absolute atomic E-state index is 0.0708. The topological polar surface area (TPSA) is 78.9 Å². The van der Waals surface area contributed by atoms with Gasteiger partial charge in [0.1, 0.15) is 13.2 Å². The fourth-order valence-electron chi connectivity index (χ4n) is 7.53. The van der Waals surface area contributed by atoms with Gasteiger partial charge in [-0.05, 0) is 51.4 Å². The lowest BCUT2D eigenvalue weighted by Crippen LogP contribution is -2.30. The molecule has 346 valence electrons. The fraction of sp³-hybridized carbons (Fsp3) is 0.868. The van der Waals surface area contributed by atoms with Gasteiger partial charge in [-0.1, -0.05) is 231 Å². The molecule has 0 bridgehead atoms. The van der Waals surface area contributed by atoms with Crippen LogP contribution >= 0.6 is 0 Å². The Labute approximate surface area is 366 Å². The summed E-state index contributed by atoms with van der Waals surface area (Å²) >= 11 is 0. The van der Waals surface area contributed by atoms with Crippen molar-refractivity contribution >= 4 is 17.9 Å². The Hall–Kier alpha value is -2.11. The van der Waals surface area contributed by atoms with E-state index in [2.05, 4.69) is 45.1 Å². The average Bonchev–Trinajstić information content (AvgIpc) is 3.23. The lowest BCUT2D eigenvalue weighted by atomic mass is 10.0. The van der Waals surface area contributed by atoms with Crippen LogP contribution in [0.4, 0.5) is 0 Å². The zero-order chi connectivity index (χ0) is 43.0. The molecule has 0 unspecified atom stereocenters. The van der Waals surface area contributed by atoms with Gasteiger partial charge in [0.15, 0.2) is 6.10 Å². The molecule has 0 saturated heterocycles. The number of allylic oxidation sites excluding steroid dienone is 4. The van der Waals surface area contributed by atoms with Gasteiger partial charge in [0.2, 0.25) is 0 Å². The van der Waals surface area contributed by atoms with Crippen LogP contribution in [0.1, 0.15) is 278 Å². The summed E-state index contributed by atoms with van der Waals surface area (Å²) in [5.74, 6) is -0.871. The highest BCUT2D eigenvalue weighted by Crippen LogP contribution is 2.16. The van der Waals surface area contributed by atoms with Crippen molar-refractivity contribution in [1.29, 1.82) is 0 Å². The van der Waals surface area contributed by atoms with E-state index in [0.29, 0.717) is 19.3 Å². The first-order chi connectivity index (χ1) is 29.0. The van der Waals surface area contributed by atoms with Crippen LogP contribution in [0.5, 0.6) is 0 Å². The largest absolute Gasteiger partial charge is 0.462 e. The van der Waals surface area contributed by atoms with Gasteiger partial charge < -0.3 is 14.2 Å². The van der Waals surface area contributed by atoms with E-state index in [1.54, 1.807) is 0 Å². The molecule has 0 saturated carbocycles. The molecular formula is C53H98O6. The van der Waals surface area contributed by atoms with Crippen molar-refractivity contribution in [3.05, 3.63) is 24.3 Å². The number of hydrogen-bond acceptors (Lipinski definition) is 6. The zero-order valence-corrected chi connectivity index (χ0v) is 39.5. The van der Waals surface area contributed by atoms with E-state index in [0.717, 1.165) is 77.0 Å². The standard InChI is InChI=1S/C53H98O6/c1-4-7-10-13-16-19-22-25-26-29-31-34-37-40-43-46-52(55)58-49-50(59-53(56)47-44-41-38-35-32-28-24-21-18-15-12-9-6-3)48-57-51(54)45-42-39-36-33-30-27-23-20-17-14-11-8-5-2/h16,19,25-26,50H,4-15,17-18,20-24,27-49H2,1-3H3/b19-16+,26-25+/t50-/m1/s1. The Kier molecular flexibility index (Phi) is 46.8. The predicted octanol–water partition coefficient (Wildman–Crippen LogP) is 16.8. The van der Waals surface area contributed by atoms with Crippen molar-refractivity contribution in [2.75, 3.05) is 13.2 Å². The van der Waals surface area contributed by atoms with E-state index < -0.39 is 6.10 Å². The van der Waals surface area contributed by atoms with Crippen LogP contribution in [-0.2, 0) is 28.6 Å². The molecule has 0 aliphatic heterocycles. The Morgan fingerprint density at radius 2 is 0.610 bits per heavy atom. The Bertz CT molecular complexity index is 958. The number of hydrogen-bond donors (Lipinski definition) is 0. The molecule has 59 heavy (non-hydrogen) atoms. The van der Waals surface area contributed by atoms with Gasteiger partial charge in [0.05, 0.1) is 0 Å². The molecule has 0 amide bonds. The normalized spacial score (nSPS) is 12.1. The number of esters is 3. The van der Waals surface area contributed by atoms with Crippen molar-refractivity contribution in [2.24, 2.45) is 0 Å². The van der Waals surface area contributed by atoms with Crippen LogP contribution < -0.4 is 0 Å². The number of carbonyl (C=O) groups is 3. The van der Waals surface area contributed by atoms with Crippen LogP contribution in [0.3, 0.4) is 0 Å². The number of ether oxygens (including phenoxy) is 3. The van der Waals surface area contributed by atoms with Crippen molar-refractivity contribution in [1.82, 2.24) is 0 Å². The summed E-state index contributed by atoms with van der Waals surface area (Å²) < 4.78 is 16.8. The van der Waals surface area contributed by atoms with Crippen molar-refractivity contribution in [3.63, 3.8) is 0 Å². The highest BCUT2D eigenvalue weighted by atomic mass is 16.6. The summed E-state index contributed by atoms with van der Waals surface area (Å²) in [6, 6.07) is 0. The maximum absolute atomic E-state index is 12.8. The van der Waals surface area contributed by atoms with Crippen molar-refractivity contribution in [3.8, 4) is 0 Å². The molecule has 0 aliphatic carbocycles. The number of carbonyl (C=O) groups excluding carboxylic acids is 3. The molecule has 0 radical (unpaired) electrons. The maximum atomic E-state index is 12.8. The third-order valence-electron chi connectivity index (χ3n) is 11.5. The Balaban J connectivity index is 4.36.